The van der Waals surface area contributed by atoms with Crippen molar-refractivity contribution in [1.29, 1.82) is 0 Å². The Morgan fingerprint density at radius 1 is 0.933 bits per heavy atom. The lowest BCUT2D eigenvalue weighted by molar-refractivity contribution is -0.121. The SMILES string of the molecule is O=C(Cn1cc(NC(=O)C2CCC(c3ccccc3)CC2)cn1)Nc1cccnc1. The summed E-state index contributed by atoms with van der Waals surface area (Å²) in [6.45, 7) is 0.0624. The van der Waals surface area contributed by atoms with E-state index in [2.05, 4.69) is 45.0 Å². The van der Waals surface area contributed by atoms with Gasteiger partial charge < -0.3 is 10.6 Å². The second kappa shape index (κ2) is 9.35. The maximum atomic E-state index is 12.6. The molecule has 1 aliphatic rings. The van der Waals surface area contributed by atoms with Crippen LogP contribution in [0.1, 0.15) is 37.2 Å². The number of hydrogen-bond donors (Lipinski definition) is 2. The molecule has 7 nitrogen and oxygen atoms in total. The number of rotatable bonds is 6. The third-order valence-corrected chi connectivity index (χ3v) is 5.52. The second-order valence-electron chi connectivity index (χ2n) is 7.66. The van der Waals surface area contributed by atoms with E-state index in [-0.39, 0.29) is 24.3 Å². The van der Waals surface area contributed by atoms with Gasteiger partial charge in [0.15, 0.2) is 0 Å². The van der Waals surface area contributed by atoms with Gasteiger partial charge in [-0.05, 0) is 49.3 Å². The number of carbonyl (C=O) groups excluding carboxylic acids is 2. The largest absolute Gasteiger partial charge is 0.323 e. The van der Waals surface area contributed by atoms with Crippen molar-refractivity contribution in [1.82, 2.24) is 14.8 Å². The molecule has 1 aliphatic carbocycles. The third-order valence-electron chi connectivity index (χ3n) is 5.52. The van der Waals surface area contributed by atoms with Crippen LogP contribution in [0.15, 0.2) is 67.3 Å². The zero-order valence-electron chi connectivity index (χ0n) is 16.7. The molecule has 0 radical (unpaired) electrons. The average Bonchev–Trinajstić information content (AvgIpc) is 3.21. The minimum atomic E-state index is -0.205. The van der Waals surface area contributed by atoms with Gasteiger partial charge in [-0.3, -0.25) is 19.3 Å². The summed E-state index contributed by atoms with van der Waals surface area (Å²) in [6, 6.07) is 14.0. The molecule has 1 fully saturated rings. The Balaban J connectivity index is 1.25. The number of carbonyl (C=O) groups is 2. The molecule has 0 unspecified atom stereocenters. The van der Waals surface area contributed by atoms with E-state index >= 15 is 0 Å². The highest BCUT2D eigenvalue weighted by Crippen LogP contribution is 2.36. The molecule has 0 atom stereocenters. The summed E-state index contributed by atoms with van der Waals surface area (Å²) in [5.41, 5.74) is 2.61. The van der Waals surface area contributed by atoms with Crippen molar-refractivity contribution in [3.8, 4) is 0 Å². The number of pyridine rings is 1. The molecule has 2 heterocycles. The van der Waals surface area contributed by atoms with Crippen LogP contribution in [-0.4, -0.2) is 26.6 Å². The van der Waals surface area contributed by atoms with Crippen LogP contribution < -0.4 is 10.6 Å². The Bertz CT molecular complexity index is 979. The van der Waals surface area contributed by atoms with Gasteiger partial charge in [-0.1, -0.05) is 30.3 Å². The second-order valence-corrected chi connectivity index (χ2v) is 7.66. The normalized spacial score (nSPS) is 18.5. The van der Waals surface area contributed by atoms with Gasteiger partial charge in [-0.2, -0.15) is 5.10 Å². The van der Waals surface area contributed by atoms with Crippen molar-refractivity contribution in [3.63, 3.8) is 0 Å². The average molecular weight is 403 g/mol. The summed E-state index contributed by atoms with van der Waals surface area (Å²) in [5.74, 6) is 0.377. The highest BCUT2D eigenvalue weighted by molar-refractivity contribution is 5.92. The van der Waals surface area contributed by atoms with E-state index in [9.17, 15) is 9.59 Å². The quantitative estimate of drug-likeness (QED) is 0.655. The van der Waals surface area contributed by atoms with Crippen LogP contribution >= 0.6 is 0 Å². The van der Waals surface area contributed by atoms with Gasteiger partial charge in [-0.25, -0.2) is 0 Å². The van der Waals surface area contributed by atoms with Gasteiger partial charge in [0, 0.05) is 18.3 Å². The van der Waals surface area contributed by atoms with Gasteiger partial charge in [-0.15, -0.1) is 0 Å². The molecule has 154 valence electrons. The van der Waals surface area contributed by atoms with Crippen molar-refractivity contribution in [3.05, 3.63) is 72.8 Å². The zero-order valence-corrected chi connectivity index (χ0v) is 16.7. The summed E-state index contributed by atoms with van der Waals surface area (Å²) in [7, 11) is 0. The summed E-state index contributed by atoms with van der Waals surface area (Å²) < 4.78 is 1.51. The Morgan fingerprint density at radius 3 is 2.47 bits per heavy atom. The van der Waals surface area contributed by atoms with Gasteiger partial charge in [0.1, 0.15) is 6.54 Å². The van der Waals surface area contributed by atoms with E-state index in [4.69, 9.17) is 0 Å². The standard InChI is InChI=1S/C23H25N5O2/c29-22(26-20-7-4-12-24-13-20)16-28-15-21(14-25-28)27-23(30)19-10-8-18(9-11-19)17-5-2-1-3-6-17/h1-7,12-15,18-19H,8-11,16H2,(H,26,29)(H,27,30). The van der Waals surface area contributed by atoms with Crippen molar-refractivity contribution in [2.75, 3.05) is 10.6 Å². The highest BCUT2D eigenvalue weighted by Gasteiger charge is 2.27. The van der Waals surface area contributed by atoms with Gasteiger partial charge >= 0.3 is 0 Å². The number of anilines is 2. The first-order valence-corrected chi connectivity index (χ1v) is 10.3. The van der Waals surface area contributed by atoms with E-state index in [0.717, 1.165) is 25.7 Å². The van der Waals surface area contributed by atoms with E-state index in [1.54, 1.807) is 36.9 Å². The van der Waals surface area contributed by atoms with Crippen LogP contribution in [0.25, 0.3) is 0 Å². The molecule has 0 aliphatic heterocycles. The van der Waals surface area contributed by atoms with E-state index < -0.39 is 0 Å². The smallest absolute Gasteiger partial charge is 0.246 e. The fourth-order valence-electron chi connectivity index (χ4n) is 3.96. The Morgan fingerprint density at radius 2 is 1.73 bits per heavy atom. The summed E-state index contributed by atoms with van der Waals surface area (Å²) in [4.78, 5) is 28.7. The van der Waals surface area contributed by atoms with Crippen LogP contribution in [0.4, 0.5) is 11.4 Å². The molecule has 7 heteroatoms. The molecular formula is C23H25N5O2. The van der Waals surface area contributed by atoms with Gasteiger partial charge in [0.2, 0.25) is 11.8 Å². The molecule has 2 N–H and O–H groups in total. The van der Waals surface area contributed by atoms with Crippen molar-refractivity contribution in [2.45, 2.75) is 38.1 Å². The van der Waals surface area contributed by atoms with Crippen molar-refractivity contribution < 1.29 is 9.59 Å². The molecule has 2 amide bonds. The van der Waals surface area contributed by atoms with Gasteiger partial charge in [0.05, 0.1) is 23.8 Å². The first-order valence-electron chi connectivity index (χ1n) is 10.3. The Kier molecular flexibility index (Phi) is 6.17. The van der Waals surface area contributed by atoms with Crippen molar-refractivity contribution in [2.24, 2.45) is 5.92 Å². The van der Waals surface area contributed by atoms with Crippen LogP contribution in [0, 0.1) is 5.92 Å². The molecule has 2 aromatic heterocycles. The molecule has 3 aromatic rings. The number of nitrogens with zero attached hydrogens (tertiary/aromatic N) is 3. The highest BCUT2D eigenvalue weighted by atomic mass is 16.2. The topological polar surface area (TPSA) is 88.9 Å². The summed E-state index contributed by atoms with van der Waals surface area (Å²) in [5, 5.41) is 9.88. The van der Waals surface area contributed by atoms with Crippen molar-refractivity contribution >= 4 is 23.2 Å². The summed E-state index contributed by atoms with van der Waals surface area (Å²) in [6.07, 6.45) is 10.3. The third kappa shape index (κ3) is 5.11. The number of nitrogens with one attached hydrogen (secondary N) is 2. The molecule has 4 rings (SSSR count). The number of benzene rings is 1. The van der Waals surface area contributed by atoms with Crippen LogP contribution in [-0.2, 0) is 16.1 Å². The van der Waals surface area contributed by atoms with Crippen LogP contribution in [0.2, 0.25) is 0 Å². The first-order chi connectivity index (χ1) is 14.7. The number of hydrogen-bond acceptors (Lipinski definition) is 4. The van der Waals surface area contributed by atoms with E-state index in [0.29, 0.717) is 17.3 Å². The zero-order chi connectivity index (χ0) is 20.8. The lowest BCUT2D eigenvalue weighted by Gasteiger charge is -2.27. The molecule has 1 aromatic carbocycles. The fraction of sp³-hybridized carbons (Fsp3) is 0.304. The minimum Gasteiger partial charge on any atom is -0.323 e. The molecule has 30 heavy (non-hydrogen) atoms. The van der Waals surface area contributed by atoms with Gasteiger partial charge in [0.25, 0.3) is 0 Å². The molecule has 1 saturated carbocycles. The van der Waals surface area contributed by atoms with E-state index in [1.165, 1.54) is 10.2 Å². The predicted octanol–water partition coefficient (Wildman–Crippen LogP) is 3.83. The number of amides is 2. The summed E-state index contributed by atoms with van der Waals surface area (Å²) >= 11 is 0. The Hall–Kier alpha value is -3.48. The maximum Gasteiger partial charge on any atom is 0.246 e. The van der Waals surface area contributed by atoms with Crippen LogP contribution in [0.5, 0.6) is 0 Å². The fourth-order valence-corrected chi connectivity index (χ4v) is 3.96. The van der Waals surface area contributed by atoms with Crippen LogP contribution in [0.3, 0.4) is 0 Å². The minimum absolute atomic E-state index is 0.0159. The molecular weight excluding hydrogens is 378 g/mol. The number of aromatic nitrogens is 3. The molecule has 0 saturated heterocycles. The first kappa shape index (κ1) is 19.8. The maximum absolute atomic E-state index is 12.6. The lowest BCUT2D eigenvalue weighted by atomic mass is 9.78. The monoisotopic (exact) mass is 403 g/mol. The lowest BCUT2D eigenvalue weighted by Crippen LogP contribution is -2.26. The Labute approximate surface area is 175 Å². The predicted molar refractivity (Wildman–Crippen MR) is 115 cm³/mol. The molecule has 0 spiro atoms. The van der Waals surface area contributed by atoms with E-state index in [1.807, 2.05) is 6.07 Å². The molecule has 0 bridgehead atoms.